The summed E-state index contributed by atoms with van der Waals surface area (Å²) in [6.07, 6.45) is 5.22. The average molecular weight is 227 g/mol. The van der Waals surface area contributed by atoms with Crippen molar-refractivity contribution < 1.29 is 0 Å². The van der Waals surface area contributed by atoms with Crippen molar-refractivity contribution in [3.05, 3.63) is 46.2 Å². The number of pyridine rings is 1. The van der Waals surface area contributed by atoms with Crippen LogP contribution in [0, 0.1) is 18.3 Å². The Hall–Kier alpha value is -1.99. The van der Waals surface area contributed by atoms with Crippen LogP contribution in [0.1, 0.15) is 16.3 Å². The Balaban J connectivity index is 2.38. The molecule has 0 saturated carbocycles. The van der Waals surface area contributed by atoms with Gasteiger partial charge in [0.15, 0.2) is 0 Å². The molecule has 0 N–H and O–H groups in total. The maximum atomic E-state index is 9.08. The van der Waals surface area contributed by atoms with E-state index in [1.54, 1.807) is 18.5 Å². The van der Waals surface area contributed by atoms with E-state index in [1.165, 1.54) is 11.3 Å². The standard InChI is InChI=1S/C12H9N3S/c1-9-8-16-12(15-9)11(6-13)5-10-3-2-4-14-7-10/h2-5,7-8H,1H3. The smallest absolute Gasteiger partial charge is 0.134 e. The van der Waals surface area contributed by atoms with Gasteiger partial charge in [0.2, 0.25) is 0 Å². The fourth-order valence-corrected chi connectivity index (χ4v) is 2.01. The molecule has 2 rings (SSSR count). The van der Waals surface area contributed by atoms with Gasteiger partial charge in [-0.2, -0.15) is 5.26 Å². The van der Waals surface area contributed by atoms with Crippen molar-refractivity contribution in [1.82, 2.24) is 9.97 Å². The fourth-order valence-electron chi connectivity index (χ4n) is 1.25. The second kappa shape index (κ2) is 4.69. The maximum Gasteiger partial charge on any atom is 0.134 e. The van der Waals surface area contributed by atoms with Crippen LogP contribution < -0.4 is 0 Å². The van der Waals surface area contributed by atoms with Crippen LogP contribution in [0.5, 0.6) is 0 Å². The Morgan fingerprint density at radius 3 is 3.00 bits per heavy atom. The molecule has 0 saturated heterocycles. The molecule has 0 spiro atoms. The first kappa shape index (κ1) is 10.5. The minimum atomic E-state index is 0.575. The number of allylic oxidation sites excluding steroid dienone is 1. The van der Waals surface area contributed by atoms with Crippen LogP contribution in [0.2, 0.25) is 0 Å². The van der Waals surface area contributed by atoms with Crippen molar-refractivity contribution in [2.45, 2.75) is 6.92 Å². The van der Waals surface area contributed by atoms with Gasteiger partial charge in [-0.3, -0.25) is 4.98 Å². The van der Waals surface area contributed by atoms with E-state index in [9.17, 15) is 0 Å². The topological polar surface area (TPSA) is 49.6 Å². The normalized spacial score (nSPS) is 11.1. The molecule has 0 aliphatic rings. The second-order valence-electron chi connectivity index (χ2n) is 3.25. The number of nitriles is 1. The summed E-state index contributed by atoms with van der Waals surface area (Å²) in [6.45, 7) is 1.92. The van der Waals surface area contributed by atoms with Crippen LogP contribution in [0.15, 0.2) is 29.9 Å². The number of nitrogens with zero attached hydrogens (tertiary/aromatic N) is 3. The lowest BCUT2D eigenvalue weighted by atomic mass is 10.2. The van der Waals surface area contributed by atoms with Gasteiger partial charge >= 0.3 is 0 Å². The quantitative estimate of drug-likeness (QED) is 0.741. The summed E-state index contributed by atoms with van der Waals surface area (Å²) in [6, 6.07) is 5.91. The van der Waals surface area contributed by atoms with Crippen LogP contribution in [0.25, 0.3) is 11.6 Å². The van der Waals surface area contributed by atoms with Crippen LogP contribution in [-0.2, 0) is 0 Å². The van der Waals surface area contributed by atoms with E-state index in [4.69, 9.17) is 5.26 Å². The molecular weight excluding hydrogens is 218 g/mol. The van der Waals surface area contributed by atoms with Crippen molar-refractivity contribution in [3.63, 3.8) is 0 Å². The molecule has 2 heterocycles. The third kappa shape index (κ3) is 2.33. The van der Waals surface area contributed by atoms with Gasteiger partial charge in [0.1, 0.15) is 11.1 Å². The molecule has 0 fully saturated rings. The monoisotopic (exact) mass is 227 g/mol. The summed E-state index contributed by atoms with van der Waals surface area (Å²) >= 11 is 1.48. The molecule has 0 aromatic carbocycles. The van der Waals surface area contributed by atoms with Crippen LogP contribution >= 0.6 is 11.3 Å². The summed E-state index contributed by atoms with van der Waals surface area (Å²) in [5.74, 6) is 0. The fraction of sp³-hybridized carbons (Fsp3) is 0.0833. The molecule has 0 amide bonds. The summed E-state index contributed by atoms with van der Waals surface area (Å²) in [7, 11) is 0. The van der Waals surface area contributed by atoms with E-state index in [2.05, 4.69) is 16.0 Å². The number of hydrogen-bond donors (Lipinski definition) is 0. The molecule has 2 aromatic rings. The summed E-state index contributed by atoms with van der Waals surface area (Å²) in [5.41, 5.74) is 2.42. The third-order valence-electron chi connectivity index (χ3n) is 1.97. The van der Waals surface area contributed by atoms with Crippen LogP contribution in [0.4, 0.5) is 0 Å². The van der Waals surface area contributed by atoms with Crippen molar-refractivity contribution in [1.29, 1.82) is 5.26 Å². The molecular formula is C12H9N3S. The predicted molar refractivity (Wildman–Crippen MR) is 64.6 cm³/mol. The highest BCUT2D eigenvalue weighted by Gasteiger charge is 2.05. The molecule has 78 valence electrons. The number of thiazole rings is 1. The van der Waals surface area contributed by atoms with Gasteiger partial charge in [0.25, 0.3) is 0 Å². The van der Waals surface area contributed by atoms with E-state index in [-0.39, 0.29) is 0 Å². The highest BCUT2D eigenvalue weighted by molar-refractivity contribution is 7.11. The Morgan fingerprint density at radius 1 is 1.56 bits per heavy atom. The van der Waals surface area contributed by atoms with Crippen molar-refractivity contribution in [2.75, 3.05) is 0 Å². The first-order valence-electron chi connectivity index (χ1n) is 4.74. The lowest BCUT2D eigenvalue weighted by Crippen LogP contribution is -1.82. The van der Waals surface area contributed by atoms with Gasteiger partial charge in [0.05, 0.1) is 5.57 Å². The zero-order valence-corrected chi connectivity index (χ0v) is 9.53. The van der Waals surface area contributed by atoms with Gasteiger partial charge < -0.3 is 0 Å². The highest BCUT2D eigenvalue weighted by Crippen LogP contribution is 2.20. The summed E-state index contributed by atoms with van der Waals surface area (Å²) in [5, 5.41) is 11.8. The first-order chi connectivity index (χ1) is 7.79. The second-order valence-corrected chi connectivity index (χ2v) is 4.11. The molecule has 0 aliphatic heterocycles. The van der Waals surface area contributed by atoms with Crippen LogP contribution in [-0.4, -0.2) is 9.97 Å². The van der Waals surface area contributed by atoms with Crippen molar-refractivity contribution in [3.8, 4) is 6.07 Å². The maximum absolute atomic E-state index is 9.08. The van der Waals surface area contributed by atoms with Gasteiger partial charge in [-0.05, 0) is 24.6 Å². The zero-order valence-electron chi connectivity index (χ0n) is 8.71. The van der Waals surface area contributed by atoms with Crippen LogP contribution in [0.3, 0.4) is 0 Å². The summed E-state index contributed by atoms with van der Waals surface area (Å²) < 4.78 is 0. The minimum Gasteiger partial charge on any atom is -0.264 e. The molecule has 3 nitrogen and oxygen atoms in total. The summed E-state index contributed by atoms with van der Waals surface area (Å²) in [4.78, 5) is 8.29. The third-order valence-corrected chi connectivity index (χ3v) is 2.96. The number of hydrogen-bond acceptors (Lipinski definition) is 4. The lowest BCUT2D eigenvalue weighted by Gasteiger charge is -1.93. The molecule has 0 aliphatic carbocycles. The number of aryl methyl sites for hydroxylation is 1. The Bertz CT molecular complexity index is 549. The average Bonchev–Trinajstić information content (AvgIpc) is 2.74. The molecule has 0 atom stereocenters. The van der Waals surface area contributed by atoms with Crippen molar-refractivity contribution >= 4 is 23.0 Å². The van der Waals surface area contributed by atoms with E-state index in [0.717, 1.165) is 16.3 Å². The Labute approximate surface area is 97.7 Å². The first-order valence-corrected chi connectivity index (χ1v) is 5.62. The number of aromatic nitrogens is 2. The Kier molecular flexibility index (Phi) is 3.08. The van der Waals surface area contributed by atoms with E-state index < -0.39 is 0 Å². The highest BCUT2D eigenvalue weighted by atomic mass is 32.1. The molecule has 0 radical (unpaired) electrons. The molecule has 2 aromatic heterocycles. The Morgan fingerprint density at radius 2 is 2.44 bits per heavy atom. The molecule has 4 heteroatoms. The molecule has 0 bridgehead atoms. The molecule has 16 heavy (non-hydrogen) atoms. The lowest BCUT2D eigenvalue weighted by molar-refractivity contribution is 1.24. The van der Waals surface area contributed by atoms with Gasteiger partial charge in [-0.1, -0.05) is 6.07 Å². The molecule has 0 unspecified atom stereocenters. The minimum absolute atomic E-state index is 0.575. The van der Waals surface area contributed by atoms with Gasteiger partial charge in [-0.25, -0.2) is 4.98 Å². The van der Waals surface area contributed by atoms with E-state index in [1.807, 2.05) is 24.4 Å². The number of rotatable bonds is 2. The van der Waals surface area contributed by atoms with E-state index in [0.29, 0.717) is 5.57 Å². The predicted octanol–water partition coefficient (Wildman–Crippen LogP) is 2.91. The SMILES string of the molecule is Cc1csc(C(C#N)=Cc2cccnc2)n1. The van der Waals surface area contributed by atoms with Gasteiger partial charge in [-0.15, -0.1) is 11.3 Å². The largest absolute Gasteiger partial charge is 0.264 e. The zero-order chi connectivity index (χ0) is 11.4. The van der Waals surface area contributed by atoms with Crippen molar-refractivity contribution in [2.24, 2.45) is 0 Å². The van der Waals surface area contributed by atoms with Gasteiger partial charge in [0, 0.05) is 23.5 Å². The van der Waals surface area contributed by atoms with E-state index >= 15 is 0 Å².